The number of benzene rings is 1. The van der Waals surface area contributed by atoms with E-state index in [1.54, 1.807) is 6.26 Å². The monoisotopic (exact) mass is 204 g/mol. The first kappa shape index (κ1) is 10.3. The van der Waals surface area contributed by atoms with Crippen LogP contribution >= 0.6 is 11.8 Å². The van der Waals surface area contributed by atoms with Crippen molar-refractivity contribution in [3.8, 4) is 5.75 Å². The van der Waals surface area contributed by atoms with Gasteiger partial charge in [0.1, 0.15) is 17.4 Å². The van der Waals surface area contributed by atoms with Crippen LogP contribution in [0.3, 0.4) is 0 Å². The van der Waals surface area contributed by atoms with E-state index in [9.17, 15) is 8.78 Å². The Kier molecular flexibility index (Phi) is 3.54. The lowest BCUT2D eigenvalue weighted by atomic mass is 10.2. The van der Waals surface area contributed by atoms with Gasteiger partial charge in [-0.15, -0.1) is 0 Å². The summed E-state index contributed by atoms with van der Waals surface area (Å²) in [5, 5.41) is 0. The smallest absolute Gasteiger partial charge is 0.133 e. The van der Waals surface area contributed by atoms with Crippen molar-refractivity contribution in [3.05, 3.63) is 29.3 Å². The predicted molar refractivity (Wildman–Crippen MR) is 50.1 cm³/mol. The number of rotatable bonds is 3. The second-order valence-electron chi connectivity index (χ2n) is 2.50. The van der Waals surface area contributed by atoms with Crippen molar-refractivity contribution in [1.29, 1.82) is 0 Å². The molecule has 0 aliphatic carbocycles. The average Bonchev–Trinajstić information content (AvgIpc) is 2.11. The van der Waals surface area contributed by atoms with Gasteiger partial charge in [-0.2, -0.15) is 11.8 Å². The van der Waals surface area contributed by atoms with Crippen LogP contribution in [0.25, 0.3) is 0 Å². The van der Waals surface area contributed by atoms with Crippen LogP contribution in [0.4, 0.5) is 8.78 Å². The maximum absolute atomic E-state index is 13.2. The molecule has 0 aromatic heterocycles. The number of hydrogen-bond donors (Lipinski definition) is 0. The van der Waals surface area contributed by atoms with Crippen molar-refractivity contribution in [2.45, 2.75) is 5.75 Å². The van der Waals surface area contributed by atoms with E-state index in [1.807, 2.05) is 0 Å². The molecular formula is C9H10F2OS. The first-order valence-corrected chi connectivity index (χ1v) is 5.09. The van der Waals surface area contributed by atoms with E-state index in [1.165, 1.54) is 31.0 Å². The molecule has 0 saturated carbocycles. The summed E-state index contributed by atoms with van der Waals surface area (Å²) < 4.78 is 31.0. The number of thioether (sulfide) groups is 1. The number of halogens is 2. The molecule has 0 unspecified atom stereocenters. The summed E-state index contributed by atoms with van der Waals surface area (Å²) in [7, 11) is 1.38. The lowest BCUT2D eigenvalue weighted by Crippen LogP contribution is -1.95. The molecule has 1 nitrogen and oxygen atoms in total. The maximum atomic E-state index is 13.2. The zero-order valence-electron chi connectivity index (χ0n) is 7.43. The van der Waals surface area contributed by atoms with Crippen LogP contribution < -0.4 is 4.74 Å². The summed E-state index contributed by atoms with van der Waals surface area (Å²) in [4.78, 5) is 0. The topological polar surface area (TPSA) is 9.23 Å². The van der Waals surface area contributed by atoms with Crippen LogP contribution in [0.2, 0.25) is 0 Å². The van der Waals surface area contributed by atoms with E-state index >= 15 is 0 Å². The molecule has 0 saturated heterocycles. The van der Waals surface area contributed by atoms with Crippen LogP contribution in [0.15, 0.2) is 12.1 Å². The Labute approximate surface area is 80.1 Å². The summed E-state index contributed by atoms with van der Waals surface area (Å²) in [5.41, 5.74) is 0.105. The highest BCUT2D eigenvalue weighted by atomic mass is 32.2. The van der Waals surface area contributed by atoms with Gasteiger partial charge in [0.25, 0.3) is 0 Å². The second-order valence-corrected chi connectivity index (χ2v) is 3.37. The van der Waals surface area contributed by atoms with Crippen molar-refractivity contribution in [2.24, 2.45) is 0 Å². The van der Waals surface area contributed by atoms with Gasteiger partial charge in [0, 0.05) is 23.4 Å². The van der Waals surface area contributed by atoms with Gasteiger partial charge < -0.3 is 4.74 Å². The van der Waals surface area contributed by atoms with Crippen molar-refractivity contribution in [2.75, 3.05) is 13.4 Å². The zero-order valence-corrected chi connectivity index (χ0v) is 8.25. The Morgan fingerprint density at radius 2 is 1.85 bits per heavy atom. The molecule has 0 bridgehead atoms. The molecule has 72 valence electrons. The summed E-state index contributed by atoms with van der Waals surface area (Å²) in [6.07, 6.45) is 1.79. The maximum Gasteiger partial charge on any atom is 0.133 e. The van der Waals surface area contributed by atoms with Gasteiger partial charge in [0.05, 0.1) is 7.11 Å². The van der Waals surface area contributed by atoms with Gasteiger partial charge in [0.15, 0.2) is 0 Å². The van der Waals surface area contributed by atoms with Crippen LogP contribution in [0.5, 0.6) is 5.75 Å². The fourth-order valence-corrected chi connectivity index (χ4v) is 1.54. The molecule has 0 heterocycles. The fourth-order valence-electron chi connectivity index (χ4n) is 0.980. The van der Waals surface area contributed by atoms with Crippen LogP contribution in [-0.4, -0.2) is 13.4 Å². The van der Waals surface area contributed by atoms with Gasteiger partial charge in [-0.1, -0.05) is 0 Å². The summed E-state index contributed by atoms with van der Waals surface area (Å²) in [6.45, 7) is 0. The quantitative estimate of drug-likeness (QED) is 0.748. The highest BCUT2D eigenvalue weighted by Gasteiger charge is 2.10. The number of ether oxygens (including phenoxy) is 1. The molecular weight excluding hydrogens is 194 g/mol. The standard InChI is InChI=1S/C9H10F2OS/c1-12-6-3-8(10)7(5-13-2)9(11)4-6/h3-4H,5H2,1-2H3. The molecule has 0 fully saturated rings. The van der Waals surface area contributed by atoms with Crippen molar-refractivity contribution < 1.29 is 13.5 Å². The van der Waals surface area contributed by atoms with Crippen LogP contribution in [-0.2, 0) is 5.75 Å². The molecule has 0 aliphatic heterocycles. The van der Waals surface area contributed by atoms with Crippen LogP contribution in [0, 0.1) is 11.6 Å². The number of hydrogen-bond acceptors (Lipinski definition) is 2. The van der Waals surface area contributed by atoms with Gasteiger partial charge in [-0.05, 0) is 6.26 Å². The summed E-state index contributed by atoms with van der Waals surface area (Å²) in [5.74, 6) is -0.556. The molecule has 1 rings (SSSR count). The van der Waals surface area contributed by atoms with Gasteiger partial charge >= 0.3 is 0 Å². The fraction of sp³-hybridized carbons (Fsp3) is 0.333. The summed E-state index contributed by atoms with van der Waals surface area (Å²) >= 11 is 1.38. The van der Waals surface area contributed by atoms with Crippen molar-refractivity contribution in [1.82, 2.24) is 0 Å². The first-order valence-electron chi connectivity index (χ1n) is 3.70. The number of methoxy groups -OCH3 is 1. The van der Waals surface area contributed by atoms with Gasteiger partial charge in [-0.25, -0.2) is 8.78 Å². The van der Waals surface area contributed by atoms with E-state index in [0.29, 0.717) is 5.75 Å². The molecule has 1 aromatic rings. The molecule has 0 atom stereocenters. The first-order chi connectivity index (χ1) is 6.19. The van der Waals surface area contributed by atoms with E-state index in [0.717, 1.165) is 0 Å². The molecule has 0 spiro atoms. The van der Waals surface area contributed by atoms with Gasteiger partial charge in [0.2, 0.25) is 0 Å². The Morgan fingerprint density at radius 1 is 1.31 bits per heavy atom. The third-order valence-corrected chi connectivity index (χ3v) is 2.22. The largest absolute Gasteiger partial charge is 0.497 e. The normalized spacial score (nSPS) is 10.2. The lowest BCUT2D eigenvalue weighted by molar-refractivity contribution is 0.405. The molecule has 0 aliphatic rings. The predicted octanol–water partition coefficient (Wildman–Crippen LogP) is 2.84. The minimum absolute atomic E-state index is 0.105. The molecule has 13 heavy (non-hydrogen) atoms. The van der Waals surface area contributed by atoms with Crippen LogP contribution in [0.1, 0.15) is 5.56 Å². The lowest BCUT2D eigenvalue weighted by Gasteiger charge is -2.05. The molecule has 4 heteroatoms. The second kappa shape index (κ2) is 4.46. The third kappa shape index (κ3) is 2.34. The SMILES string of the molecule is COc1cc(F)c(CSC)c(F)c1. The van der Waals surface area contributed by atoms with E-state index < -0.39 is 11.6 Å². The van der Waals surface area contributed by atoms with E-state index in [4.69, 9.17) is 4.74 Å². The Hall–Kier alpha value is -0.770. The van der Waals surface area contributed by atoms with E-state index in [-0.39, 0.29) is 11.3 Å². The molecule has 0 amide bonds. The Balaban J connectivity index is 3.07. The molecule has 1 aromatic carbocycles. The minimum atomic E-state index is -0.550. The average molecular weight is 204 g/mol. The molecule has 0 N–H and O–H groups in total. The minimum Gasteiger partial charge on any atom is -0.497 e. The van der Waals surface area contributed by atoms with E-state index in [2.05, 4.69) is 0 Å². The summed E-state index contributed by atoms with van der Waals surface area (Å²) in [6, 6.07) is 2.38. The Bertz CT molecular complexity index is 279. The highest BCUT2D eigenvalue weighted by molar-refractivity contribution is 7.97. The van der Waals surface area contributed by atoms with Gasteiger partial charge in [-0.3, -0.25) is 0 Å². The zero-order chi connectivity index (χ0) is 9.84. The van der Waals surface area contributed by atoms with Crippen molar-refractivity contribution >= 4 is 11.8 Å². The molecule has 0 radical (unpaired) electrons. The highest BCUT2D eigenvalue weighted by Crippen LogP contribution is 2.23. The van der Waals surface area contributed by atoms with Crippen molar-refractivity contribution in [3.63, 3.8) is 0 Å². The third-order valence-electron chi connectivity index (χ3n) is 1.64. The Morgan fingerprint density at radius 3 is 2.23 bits per heavy atom.